The molecule has 4 heteroatoms. The average Bonchev–Trinajstić information content (AvgIpc) is 2.85. The van der Waals surface area contributed by atoms with Crippen LogP contribution in [0.3, 0.4) is 0 Å². The molecule has 1 N–H and O–H groups in total. The number of esters is 1. The van der Waals surface area contributed by atoms with Crippen LogP contribution in [0.5, 0.6) is 0 Å². The molecule has 0 amide bonds. The van der Waals surface area contributed by atoms with Gasteiger partial charge in [0.15, 0.2) is 0 Å². The van der Waals surface area contributed by atoms with Gasteiger partial charge in [0.1, 0.15) is 18.1 Å². The second-order valence-electron chi connectivity index (χ2n) is 4.37. The minimum atomic E-state index is -0.123. The average molecular weight is 254 g/mol. The third-order valence-electron chi connectivity index (χ3n) is 2.90. The van der Waals surface area contributed by atoms with Crippen molar-refractivity contribution in [1.29, 1.82) is 0 Å². The van der Waals surface area contributed by atoms with Gasteiger partial charge in [0.25, 0.3) is 0 Å². The maximum atomic E-state index is 10.9. The van der Waals surface area contributed by atoms with Gasteiger partial charge in [0, 0.05) is 12.8 Å². The number of carbonyl (C=O) groups is 1. The Hall–Kier alpha value is -1.29. The van der Waals surface area contributed by atoms with E-state index in [1.165, 1.54) is 7.11 Å². The standard InChI is InChI=1S/C14H22O4/c1-17-14(16)8-6-4-2-3-5-7-12-9-10-13(11-15)18-12/h9-10,15H,2-8,11H2,1H3. The number of hydrogen-bond acceptors (Lipinski definition) is 4. The van der Waals surface area contributed by atoms with Crippen LogP contribution in [0.15, 0.2) is 16.5 Å². The van der Waals surface area contributed by atoms with Crippen LogP contribution in [0.25, 0.3) is 0 Å². The van der Waals surface area contributed by atoms with E-state index in [1.54, 1.807) is 0 Å². The molecule has 0 aliphatic carbocycles. The van der Waals surface area contributed by atoms with Crippen molar-refractivity contribution >= 4 is 5.97 Å². The van der Waals surface area contributed by atoms with Crippen molar-refractivity contribution in [2.45, 2.75) is 51.6 Å². The highest BCUT2D eigenvalue weighted by molar-refractivity contribution is 5.68. The van der Waals surface area contributed by atoms with Gasteiger partial charge >= 0.3 is 5.97 Å². The lowest BCUT2D eigenvalue weighted by Gasteiger charge is -2.00. The fourth-order valence-electron chi connectivity index (χ4n) is 1.84. The Morgan fingerprint density at radius 2 is 1.83 bits per heavy atom. The summed E-state index contributed by atoms with van der Waals surface area (Å²) >= 11 is 0. The molecular weight excluding hydrogens is 232 g/mol. The fraction of sp³-hybridized carbons (Fsp3) is 0.643. The number of carbonyl (C=O) groups excluding carboxylic acids is 1. The molecule has 0 aliphatic heterocycles. The number of methoxy groups -OCH3 is 1. The molecule has 0 saturated carbocycles. The number of furan rings is 1. The Morgan fingerprint density at radius 3 is 2.50 bits per heavy atom. The van der Waals surface area contributed by atoms with E-state index in [9.17, 15) is 4.79 Å². The molecular formula is C14H22O4. The van der Waals surface area contributed by atoms with Crippen molar-refractivity contribution in [2.24, 2.45) is 0 Å². The first kappa shape index (κ1) is 14.8. The molecule has 18 heavy (non-hydrogen) atoms. The topological polar surface area (TPSA) is 59.7 Å². The Bertz CT molecular complexity index is 343. The first-order valence-electron chi connectivity index (χ1n) is 6.51. The van der Waals surface area contributed by atoms with Crippen LogP contribution in [-0.2, 0) is 22.6 Å². The van der Waals surface area contributed by atoms with Crippen LogP contribution < -0.4 is 0 Å². The highest BCUT2D eigenvalue weighted by atomic mass is 16.5. The number of hydrogen-bond donors (Lipinski definition) is 1. The quantitative estimate of drug-likeness (QED) is 0.544. The zero-order valence-electron chi connectivity index (χ0n) is 11.0. The largest absolute Gasteiger partial charge is 0.469 e. The molecule has 0 fully saturated rings. The number of ether oxygens (including phenoxy) is 1. The lowest BCUT2D eigenvalue weighted by atomic mass is 10.1. The van der Waals surface area contributed by atoms with Gasteiger partial charge in [-0.05, 0) is 25.0 Å². The normalized spacial score (nSPS) is 10.6. The van der Waals surface area contributed by atoms with E-state index in [4.69, 9.17) is 9.52 Å². The minimum Gasteiger partial charge on any atom is -0.469 e. The number of aryl methyl sites for hydroxylation is 1. The van der Waals surface area contributed by atoms with E-state index in [0.29, 0.717) is 12.2 Å². The van der Waals surface area contributed by atoms with E-state index in [0.717, 1.165) is 44.3 Å². The van der Waals surface area contributed by atoms with Crippen LogP contribution in [-0.4, -0.2) is 18.2 Å². The summed E-state index contributed by atoms with van der Waals surface area (Å²) in [6.45, 7) is -0.0342. The first-order valence-corrected chi connectivity index (χ1v) is 6.51. The Labute approximate surface area is 108 Å². The van der Waals surface area contributed by atoms with Crippen molar-refractivity contribution < 1.29 is 19.1 Å². The molecule has 1 rings (SSSR count). The highest BCUT2D eigenvalue weighted by Crippen LogP contribution is 2.13. The van der Waals surface area contributed by atoms with Crippen molar-refractivity contribution in [2.75, 3.05) is 7.11 Å². The molecule has 1 aromatic rings. The Morgan fingerprint density at radius 1 is 1.17 bits per heavy atom. The van der Waals surface area contributed by atoms with Gasteiger partial charge < -0.3 is 14.3 Å². The van der Waals surface area contributed by atoms with E-state index in [-0.39, 0.29) is 12.6 Å². The molecule has 0 radical (unpaired) electrons. The predicted molar refractivity (Wildman–Crippen MR) is 68.1 cm³/mol. The van der Waals surface area contributed by atoms with Gasteiger partial charge in [-0.1, -0.05) is 19.3 Å². The van der Waals surface area contributed by atoms with E-state index < -0.39 is 0 Å². The summed E-state index contributed by atoms with van der Waals surface area (Å²) in [5.41, 5.74) is 0. The fourth-order valence-corrected chi connectivity index (χ4v) is 1.84. The lowest BCUT2D eigenvalue weighted by molar-refractivity contribution is -0.140. The monoisotopic (exact) mass is 254 g/mol. The van der Waals surface area contributed by atoms with Gasteiger partial charge in [0.05, 0.1) is 7.11 Å². The molecule has 0 aromatic carbocycles. The number of rotatable bonds is 9. The summed E-state index contributed by atoms with van der Waals surface area (Å²) < 4.78 is 9.97. The number of unbranched alkanes of at least 4 members (excludes halogenated alkanes) is 4. The third kappa shape index (κ3) is 5.87. The van der Waals surface area contributed by atoms with Crippen LogP contribution >= 0.6 is 0 Å². The molecule has 0 atom stereocenters. The summed E-state index contributed by atoms with van der Waals surface area (Å²) in [5, 5.41) is 8.85. The minimum absolute atomic E-state index is 0.0342. The SMILES string of the molecule is COC(=O)CCCCCCCc1ccc(CO)o1. The molecule has 1 aromatic heterocycles. The summed E-state index contributed by atoms with van der Waals surface area (Å²) in [6, 6.07) is 3.73. The van der Waals surface area contributed by atoms with E-state index in [1.807, 2.05) is 12.1 Å². The van der Waals surface area contributed by atoms with Crippen LogP contribution in [0.2, 0.25) is 0 Å². The van der Waals surface area contributed by atoms with Crippen LogP contribution in [0, 0.1) is 0 Å². The molecule has 102 valence electrons. The van der Waals surface area contributed by atoms with Crippen molar-refractivity contribution in [3.8, 4) is 0 Å². The molecule has 0 bridgehead atoms. The lowest BCUT2D eigenvalue weighted by Crippen LogP contribution is -1.99. The van der Waals surface area contributed by atoms with Gasteiger partial charge in [-0.25, -0.2) is 0 Å². The van der Waals surface area contributed by atoms with Crippen molar-refractivity contribution in [1.82, 2.24) is 0 Å². The maximum Gasteiger partial charge on any atom is 0.305 e. The van der Waals surface area contributed by atoms with Crippen LogP contribution in [0.1, 0.15) is 50.0 Å². The molecule has 0 saturated heterocycles. The molecule has 1 heterocycles. The predicted octanol–water partition coefficient (Wildman–Crippen LogP) is 2.83. The van der Waals surface area contributed by atoms with Crippen molar-refractivity contribution in [3.63, 3.8) is 0 Å². The number of aliphatic hydroxyl groups is 1. The van der Waals surface area contributed by atoms with Gasteiger partial charge in [-0.2, -0.15) is 0 Å². The summed E-state index contributed by atoms with van der Waals surface area (Å²) in [5.74, 6) is 1.44. The zero-order chi connectivity index (χ0) is 13.2. The maximum absolute atomic E-state index is 10.9. The van der Waals surface area contributed by atoms with Gasteiger partial charge in [-0.3, -0.25) is 4.79 Å². The summed E-state index contributed by atoms with van der Waals surface area (Å²) in [7, 11) is 1.42. The number of aliphatic hydroxyl groups excluding tert-OH is 1. The first-order chi connectivity index (χ1) is 8.76. The van der Waals surface area contributed by atoms with Gasteiger partial charge in [-0.15, -0.1) is 0 Å². The molecule has 0 aliphatic rings. The van der Waals surface area contributed by atoms with Gasteiger partial charge in [0.2, 0.25) is 0 Å². The summed E-state index contributed by atoms with van der Waals surface area (Å²) in [4.78, 5) is 10.9. The zero-order valence-corrected chi connectivity index (χ0v) is 11.0. The van der Waals surface area contributed by atoms with E-state index >= 15 is 0 Å². The van der Waals surface area contributed by atoms with Crippen LogP contribution in [0.4, 0.5) is 0 Å². The molecule has 0 unspecified atom stereocenters. The second-order valence-corrected chi connectivity index (χ2v) is 4.37. The third-order valence-corrected chi connectivity index (χ3v) is 2.90. The van der Waals surface area contributed by atoms with E-state index in [2.05, 4.69) is 4.74 Å². The smallest absolute Gasteiger partial charge is 0.305 e. The Balaban J connectivity index is 1.97. The Kier molecular flexibility index (Phi) is 7.18. The second kappa shape index (κ2) is 8.75. The molecule has 0 spiro atoms. The summed E-state index contributed by atoms with van der Waals surface area (Å²) in [6.07, 6.45) is 6.75. The van der Waals surface area contributed by atoms with Crippen molar-refractivity contribution in [3.05, 3.63) is 23.7 Å². The highest BCUT2D eigenvalue weighted by Gasteiger charge is 2.01. The molecule has 4 nitrogen and oxygen atoms in total.